The molecule has 0 aliphatic heterocycles. The van der Waals surface area contributed by atoms with Crippen LogP contribution < -0.4 is 15.4 Å². The highest BCUT2D eigenvalue weighted by Gasteiger charge is 2.11. The molecule has 2 N–H and O–H groups in total. The molecule has 8 heteroatoms. The van der Waals surface area contributed by atoms with Gasteiger partial charge in [0, 0.05) is 11.4 Å². The van der Waals surface area contributed by atoms with Gasteiger partial charge in [0.2, 0.25) is 0 Å². The van der Waals surface area contributed by atoms with Crippen LogP contribution in [-0.2, 0) is 9.59 Å². The van der Waals surface area contributed by atoms with E-state index in [0.29, 0.717) is 32.7 Å². The summed E-state index contributed by atoms with van der Waals surface area (Å²) in [6.45, 7) is -0.215. The number of hydrogen-bond donors (Lipinski definition) is 2. The normalized spacial score (nSPS) is 11.0. The van der Waals surface area contributed by atoms with Crippen molar-refractivity contribution in [2.75, 3.05) is 17.2 Å². The van der Waals surface area contributed by atoms with Crippen LogP contribution in [0.25, 0.3) is 16.8 Å². The molecule has 0 radical (unpaired) electrons. The van der Waals surface area contributed by atoms with Gasteiger partial charge in [0.1, 0.15) is 17.4 Å². The van der Waals surface area contributed by atoms with Crippen LogP contribution in [0.15, 0.2) is 90.5 Å². The highest BCUT2D eigenvalue weighted by Crippen LogP contribution is 2.25. The van der Waals surface area contributed by atoms with Crippen LogP contribution in [0.4, 0.5) is 11.4 Å². The number of carbonyl (C=O) groups is 2. The number of nitrogens with zero attached hydrogens (tertiary/aromatic N) is 1. The lowest BCUT2D eigenvalue weighted by Crippen LogP contribution is -2.20. The second kappa shape index (κ2) is 11.4. The van der Waals surface area contributed by atoms with Crippen molar-refractivity contribution in [2.24, 2.45) is 0 Å². The SMILES string of the molecule is N#C/C(=C\c1ccc(OCC(=O)Nc2ccc(Cl)c(Cl)c2)cc1)C(=O)Nc1ccc2ccccc2c1. The molecule has 0 aliphatic rings. The Morgan fingerprint density at radius 2 is 1.53 bits per heavy atom. The molecule has 0 fully saturated rings. The maximum atomic E-state index is 12.6. The predicted octanol–water partition coefficient (Wildman–Crippen LogP) is 6.71. The second-order valence-corrected chi connectivity index (χ2v) is 8.54. The van der Waals surface area contributed by atoms with Crippen molar-refractivity contribution in [1.82, 2.24) is 0 Å². The van der Waals surface area contributed by atoms with Gasteiger partial charge in [-0.15, -0.1) is 0 Å². The Hall–Kier alpha value is -4.31. The van der Waals surface area contributed by atoms with E-state index in [-0.39, 0.29) is 18.1 Å². The lowest BCUT2D eigenvalue weighted by molar-refractivity contribution is -0.118. The number of nitriles is 1. The summed E-state index contributed by atoms with van der Waals surface area (Å²) in [6.07, 6.45) is 1.48. The fourth-order valence-electron chi connectivity index (χ4n) is 3.36. The summed E-state index contributed by atoms with van der Waals surface area (Å²) >= 11 is 11.8. The largest absolute Gasteiger partial charge is 0.484 e. The molecule has 178 valence electrons. The quantitative estimate of drug-likeness (QED) is 0.211. The Bertz CT molecular complexity index is 1510. The fraction of sp³-hybridized carbons (Fsp3) is 0.0357. The molecular weight excluding hydrogens is 497 g/mol. The molecule has 0 unspecified atom stereocenters. The molecule has 0 saturated carbocycles. The van der Waals surface area contributed by atoms with E-state index in [1.165, 1.54) is 6.08 Å². The minimum absolute atomic E-state index is 0.0437. The molecule has 2 amide bonds. The van der Waals surface area contributed by atoms with Gasteiger partial charge in [0.15, 0.2) is 6.61 Å². The van der Waals surface area contributed by atoms with E-state index in [4.69, 9.17) is 27.9 Å². The molecule has 4 rings (SSSR count). The Morgan fingerprint density at radius 3 is 2.25 bits per heavy atom. The number of amides is 2. The number of rotatable bonds is 7. The van der Waals surface area contributed by atoms with Crippen LogP contribution in [0.3, 0.4) is 0 Å². The van der Waals surface area contributed by atoms with Crippen LogP contribution in [0.5, 0.6) is 5.75 Å². The first-order valence-electron chi connectivity index (χ1n) is 10.8. The first-order valence-corrected chi connectivity index (χ1v) is 11.6. The summed E-state index contributed by atoms with van der Waals surface area (Å²) in [5.41, 5.74) is 1.69. The minimum Gasteiger partial charge on any atom is -0.484 e. The second-order valence-electron chi connectivity index (χ2n) is 7.72. The van der Waals surface area contributed by atoms with Gasteiger partial charge in [-0.1, -0.05) is 65.7 Å². The van der Waals surface area contributed by atoms with E-state index in [9.17, 15) is 14.9 Å². The average Bonchev–Trinajstić information content (AvgIpc) is 2.88. The Kier molecular flexibility index (Phi) is 7.86. The molecule has 0 aliphatic carbocycles. The van der Waals surface area contributed by atoms with E-state index in [1.54, 1.807) is 48.5 Å². The lowest BCUT2D eigenvalue weighted by Gasteiger charge is -2.09. The highest BCUT2D eigenvalue weighted by molar-refractivity contribution is 6.42. The van der Waals surface area contributed by atoms with Crippen molar-refractivity contribution in [3.05, 3.63) is 106 Å². The summed E-state index contributed by atoms with van der Waals surface area (Å²) < 4.78 is 5.51. The van der Waals surface area contributed by atoms with Gasteiger partial charge in [0.05, 0.1) is 10.0 Å². The maximum absolute atomic E-state index is 12.6. The number of carbonyl (C=O) groups excluding carboxylic acids is 2. The van der Waals surface area contributed by atoms with Crippen molar-refractivity contribution in [3.8, 4) is 11.8 Å². The molecule has 4 aromatic rings. The Labute approximate surface area is 217 Å². The number of halogens is 2. The number of hydrogen-bond acceptors (Lipinski definition) is 4. The molecule has 0 saturated heterocycles. The van der Waals surface area contributed by atoms with Crippen molar-refractivity contribution in [3.63, 3.8) is 0 Å². The van der Waals surface area contributed by atoms with Crippen LogP contribution in [-0.4, -0.2) is 18.4 Å². The fourth-order valence-corrected chi connectivity index (χ4v) is 3.66. The third kappa shape index (κ3) is 6.42. The molecule has 0 spiro atoms. The first-order chi connectivity index (χ1) is 17.4. The summed E-state index contributed by atoms with van der Waals surface area (Å²) in [5, 5.41) is 17.7. The van der Waals surface area contributed by atoms with Crippen molar-refractivity contribution >= 4 is 63.2 Å². The zero-order valence-corrected chi connectivity index (χ0v) is 20.3. The summed E-state index contributed by atoms with van der Waals surface area (Å²) in [5.74, 6) is -0.419. The number of fused-ring (bicyclic) bond motifs is 1. The molecule has 6 nitrogen and oxygen atoms in total. The topological polar surface area (TPSA) is 91.2 Å². The molecule has 0 atom stereocenters. The highest BCUT2D eigenvalue weighted by atomic mass is 35.5. The van der Waals surface area contributed by atoms with E-state index in [0.717, 1.165) is 10.8 Å². The van der Waals surface area contributed by atoms with E-state index in [2.05, 4.69) is 10.6 Å². The third-order valence-corrected chi connectivity index (χ3v) is 5.88. The van der Waals surface area contributed by atoms with Gasteiger partial charge in [-0.3, -0.25) is 9.59 Å². The number of ether oxygens (including phenoxy) is 1. The Morgan fingerprint density at radius 1 is 0.833 bits per heavy atom. The summed E-state index contributed by atoms with van der Waals surface area (Å²) in [6, 6.07) is 26.7. The lowest BCUT2D eigenvalue weighted by atomic mass is 10.1. The van der Waals surface area contributed by atoms with Gasteiger partial charge >= 0.3 is 0 Å². The van der Waals surface area contributed by atoms with Gasteiger partial charge in [-0.2, -0.15) is 5.26 Å². The molecule has 36 heavy (non-hydrogen) atoms. The van der Waals surface area contributed by atoms with Crippen LogP contribution in [0, 0.1) is 11.3 Å². The van der Waals surface area contributed by atoms with Gasteiger partial charge in [0.25, 0.3) is 11.8 Å². The van der Waals surface area contributed by atoms with Crippen LogP contribution in [0.2, 0.25) is 10.0 Å². The number of benzene rings is 4. The molecule has 0 heterocycles. The summed E-state index contributed by atoms with van der Waals surface area (Å²) in [7, 11) is 0. The van der Waals surface area contributed by atoms with Crippen molar-refractivity contribution in [2.45, 2.75) is 0 Å². The van der Waals surface area contributed by atoms with Gasteiger partial charge < -0.3 is 15.4 Å². The zero-order chi connectivity index (χ0) is 25.5. The van der Waals surface area contributed by atoms with E-state index >= 15 is 0 Å². The molecular formula is C28H19Cl2N3O3. The predicted molar refractivity (Wildman–Crippen MR) is 143 cm³/mol. The van der Waals surface area contributed by atoms with Crippen molar-refractivity contribution in [1.29, 1.82) is 5.26 Å². The maximum Gasteiger partial charge on any atom is 0.266 e. The zero-order valence-electron chi connectivity index (χ0n) is 18.8. The smallest absolute Gasteiger partial charge is 0.266 e. The van der Waals surface area contributed by atoms with Crippen molar-refractivity contribution < 1.29 is 14.3 Å². The average molecular weight is 516 g/mol. The third-order valence-electron chi connectivity index (χ3n) is 5.14. The van der Waals surface area contributed by atoms with E-state index in [1.807, 2.05) is 42.5 Å². The van der Waals surface area contributed by atoms with Crippen LogP contribution in [0.1, 0.15) is 5.56 Å². The number of nitrogens with one attached hydrogen (secondary N) is 2. The standard InChI is InChI=1S/C28H19Cl2N3O3/c29-25-12-9-23(15-26(25)30)32-27(34)17-36-24-10-5-18(6-11-24)13-21(16-31)28(35)33-22-8-7-19-3-1-2-4-20(19)14-22/h1-15H,17H2,(H,32,34)(H,33,35)/b21-13+. The molecule has 0 bridgehead atoms. The number of anilines is 2. The van der Waals surface area contributed by atoms with Gasteiger partial charge in [-0.25, -0.2) is 0 Å². The molecule has 0 aromatic heterocycles. The van der Waals surface area contributed by atoms with Crippen LogP contribution >= 0.6 is 23.2 Å². The Balaban J connectivity index is 1.35. The van der Waals surface area contributed by atoms with E-state index < -0.39 is 5.91 Å². The van der Waals surface area contributed by atoms with Gasteiger partial charge in [-0.05, 0) is 64.9 Å². The monoisotopic (exact) mass is 515 g/mol. The minimum atomic E-state index is -0.507. The first kappa shape index (κ1) is 24.8. The summed E-state index contributed by atoms with van der Waals surface area (Å²) in [4.78, 5) is 24.8. The molecule has 4 aromatic carbocycles.